The number of piperidine rings is 1. The summed E-state index contributed by atoms with van der Waals surface area (Å²) in [5.74, 6) is -1.07. The molecule has 31 heavy (non-hydrogen) atoms. The predicted molar refractivity (Wildman–Crippen MR) is 118 cm³/mol. The Kier molecular flexibility index (Phi) is 5.57. The smallest absolute Gasteiger partial charge is 0.238 e. The lowest BCUT2D eigenvalue weighted by atomic mass is 9.68. The standard InChI is InChI=1S/C25H36N2O4/c1-5-10-25(12-14-30-23(2,3)16-25)11-13-27-22(29)20(21(26)28)18-15-24(27,4)31-19-9-7-6-8-17(18)19/h6-9,18,20H,5,10-16H2,1-4H3,(H2,26,28)/t18-,20-,24+,25+/m0/s1. The minimum atomic E-state index is -0.841. The Labute approximate surface area is 185 Å². The zero-order valence-electron chi connectivity index (χ0n) is 19.3. The molecule has 1 aromatic rings. The summed E-state index contributed by atoms with van der Waals surface area (Å²) in [5, 5.41) is 0. The first kappa shape index (κ1) is 22.1. The molecule has 0 aromatic heterocycles. The third kappa shape index (κ3) is 3.95. The van der Waals surface area contributed by atoms with E-state index in [0.29, 0.717) is 13.0 Å². The van der Waals surface area contributed by atoms with Crippen molar-refractivity contribution >= 4 is 11.8 Å². The van der Waals surface area contributed by atoms with Crippen LogP contribution in [0.1, 0.15) is 77.7 Å². The van der Waals surface area contributed by atoms with Gasteiger partial charge in [0.15, 0.2) is 5.72 Å². The van der Waals surface area contributed by atoms with Crippen LogP contribution in [-0.2, 0) is 14.3 Å². The molecule has 6 heteroatoms. The highest BCUT2D eigenvalue weighted by molar-refractivity contribution is 6.01. The second-order valence-electron chi connectivity index (χ2n) is 10.5. The molecule has 170 valence electrons. The molecule has 0 saturated carbocycles. The van der Waals surface area contributed by atoms with Gasteiger partial charge in [0.25, 0.3) is 0 Å². The number of para-hydroxylation sites is 1. The van der Waals surface area contributed by atoms with Crippen LogP contribution in [-0.4, -0.2) is 41.2 Å². The fourth-order valence-corrected chi connectivity index (χ4v) is 6.40. The Balaban J connectivity index is 1.63. The van der Waals surface area contributed by atoms with Crippen molar-refractivity contribution in [3.63, 3.8) is 0 Å². The molecule has 2 amide bonds. The summed E-state index contributed by atoms with van der Waals surface area (Å²) in [6, 6.07) is 7.71. The van der Waals surface area contributed by atoms with Gasteiger partial charge in [-0.15, -0.1) is 0 Å². The molecular weight excluding hydrogens is 392 g/mol. The topological polar surface area (TPSA) is 81.9 Å². The van der Waals surface area contributed by atoms with Gasteiger partial charge in [0.05, 0.1) is 5.60 Å². The van der Waals surface area contributed by atoms with E-state index in [2.05, 4.69) is 20.8 Å². The molecule has 0 aliphatic carbocycles. The number of hydrogen-bond acceptors (Lipinski definition) is 4. The van der Waals surface area contributed by atoms with E-state index in [1.807, 2.05) is 31.2 Å². The molecule has 3 aliphatic heterocycles. The zero-order chi connectivity index (χ0) is 22.4. The molecule has 4 atom stereocenters. The number of likely N-dealkylation sites (tertiary alicyclic amines) is 1. The van der Waals surface area contributed by atoms with Crippen LogP contribution in [0.3, 0.4) is 0 Å². The fraction of sp³-hybridized carbons (Fsp3) is 0.680. The molecular formula is C25H36N2O4. The number of ether oxygens (including phenoxy) is 2. The largest absolute Gasteiger partial charge is 0.468 e. The minimum Gasteiger partial charge on any atom is -0.468 e. The first-order chi connectivity index (χ1) is 14.6. The van der Waals surface area contributed by atoms with Crippen LogP contribution in [0.2, 0.25) is 0 Å². The zero-order valence-corrected chi connectivity index (χ0v) is 19.3. The molecule has 0 spiro atoms. The van der Waals surface area contributed by atoms with E-state index in [9.17, 15) is 9.59 Å². The maximum absolute atomic E-state index is 13.6. The van der Waals surface area contributed by atoms with Crippen LogP contribution in [0.4, 0.5) is 0 Å². The number of benzene rings is 1. The van der Waals surface area contributed by atoms with Crippen molar-refractivity contribution in [1.82, 2.24) is 4.90 Å². The molecule has 3 aliphatic rings. The first-order valence-corrected chi connectivity index (χ1v) is 11.6. The third-order valence-electron chi connectivity index (χ3n) is 7.63. The number of nitrogens with zero attached hydrogens (tertiary/aromatic N) is 1. The predicted octanol–water partition coefficient (Wildman–Crippen LogP) is 3.98. The number of primary amides is 1. The Morgan fingerprint density at radius 1 is 1.23 bits per heavy atom. The Bertz CT molecular complexity index is 865. The van der Waals surface area contributed by atoms with Crippen molar-refractivity contribution in [2.75, 3.05) is 13.2 Å². The molecule has 2 bridgehead atoms. The summed E-state index contributed by atoms with van der Waals surface area (Å²) in [6.45, 7) is 9.80. The fourth-order valence-electron chi connectivity index (χ4n) is 6.40. The highest BCUT2D eigenvalue weighted by Crippen LogP contribution is 2.51. The van der Waals surface area contributed by atoms with Gasteiger partial charge in [0, 0.05) is 25.5 Å². The third-order valence-corrected chi connectivity index (χ3v) is 7.63. The van der Waals surface area contributed by atoms with E-state index in [1.165, 1.54) is 0 Å². The first-order valence-electron chi connectivity index (χ1n) is 11.6. The molecule has 0 radical (unpaired) electrons. The molecule has 0 unspecified atom stereocenters. The number of amides is 2. The lowest BCUT2D eigenvalue weighted by Gasteiger charge is -2.54. The average molecular weight is 429 g/mol. The van der Waals surface area contributed by atoms with Gasteiger partial charge in [-0.25, -0.2) is 0 Å². The molecule has 2 N–H and O–H groups in total. The quantitative estimate of drug-likeness (QED) is 0.695. The van der Waals surface area contributed by atoms with E-state index in [0.717, 1.165) is 50.0 Å². The van der Waals surface area contributed by atoms with Gasteiger partial charge < -0.3 is 20.1 Å². The van der Waals surface area contributed by atoms with E-state index < -0.39 is 17.6 Å². The summed E-state index contributed by atoms with van der Waals surface area (Å²) in [4.78, 5) is 27.8. The highest BCUT2D eigenvalue weighted by Gasteiger charge is 2.56. The number of carbonyl (C=O) groups is 2. The lowest BCUT2D eigenvalue weighted by Crippen LogP contribution is -2.65. The minimum absolute atomic E-state index is 0.124. The summed E-state index contributed by atoms with van der Waals surface area (Å²) in [6.07, 6.45) is 5.61. The molecule has 4 rings (SSSR count). The Morgan fingerprint density at radius 2 is 1.97 bits per heavy atom. The average Bonchev–Trinajstić information content (AvgIpc) is 2.66. The summed E-state index contributed by atoms with van der Waals surface area (Å²) in [7, 11) is 0. The van der Waals surface area contributed by atoms with Crippen molar-refractivity contribution < 1.29 is 19.1 Å². The number of hydrogen-bond donors (Lipinski definition) is 1. The van der Waals surface area contributed by atoms with Crippen molar-refractivity contribution in [3.8, 4) is 5.75 Å². The summed E-state index contributed by atoms with van der Waals surface area (Å²) in [5.41, 5.74) is 5.86. The van der Waals surface area contributed by atoms with Gasteiger partial charge in [-0.1, -0.05) is 31.5 Å². The normalized spacial score (nSPS) is 34.1. The van der Waals surface area contributed by atoms with Crippen LogP contribution in [0.15, 0.2) is 24.3 Å². The van der Waals surface area contributed by atoms with Crippen LogP contribution >= 0.6 is 0 Å². The van der Waals surface area contributed by atoms with Crippen molar-refractivity contribution in [1.29, 1.82) is 0 Å². The van der Waals surface area contributed by atoms with E-state index in [1.54, 1.807) is 4.90 Å². The maximum atomic E-state index is 13.6. The molecule has 2 saturated heterocycles. The summed E-state index contributed by atoms with van der Waals surface area (Å²) >= 11 is 0. The van der Waals surface area contributed by atoms with Gasteiger partial charge in [-0.2, -0.15) is 0 Å². The van der Waals surface area contributed by atoms with Crippen LogP contribution in [0.5, 0.6) is 5.75 Å². The number of carbonyl (C=O) groups excluding carboxylic acids is 2. The highest BCUT2D eigenvalue weighted by atomic mass is 16.5. The molecule has 1 aromatic carbocycles. The van der Waals surface area contributed by atoms with Crippen molar-refractivity contribution in [3.05, 3.63) is 29.8 Å². The lowest BCUT2D eigenvalue weighted by molar-refractivity contribution is -0.178. The van der Waals surface area contributed by atoms with E-state index in [4.69, 9.17) is 15.2 Å². The number of rotatable bonds is 6. The van der Waals surface area contributed by atoms with Gasteiger partial charge in [0.1, 0.15) is 11.7 Å². The van der Waals surface area contributed by atoms with Gasteiger partial charge in [0.2, 0.25) is 11.8 Å². The summed E-state index contributed by atoms with van der Waals surface area (Å²) < 4.78 is 12.4. The van der Waals surface area contributed by atoms with E-state index >= 15 is 0 Å². The monoisotopic (exact) mass is 428 g/mol. The van der Waals surface area contributed by atoms with Crippen molar-refractivity contribution in [2.45, 2.75) is 83.5 Å². The van der Waals surface area contributed by atoms with Gasteiger partial charge >= 0.3 is 0 Å². The molecule has 3 heterocycles. The molecule has 2 fully saturated rings. The second-order valence-corrected chi connectivity index (χ2v) is 10.5. The van der Waals surface area contributed by atoms with E-state index in [-0.39, 0.29) is 22.8 Å². The Morgan fingerprint density at radius 3 is 2.65 bits per heavy atom. The van der Waals surface area contributed by atoms with Crippen LogP contribution in [0, 0.1) is 11.3 Å². The van der Waals surface area contributed by atoms with Crippen molar-refractivity contribution in [2.24, 2.45) is 17.1 Å². The SMILES string of the molecule is CCC[C@@]1(CCN2C(=O)[C@H](C(N)=O)[C@H]3C[C@@]2(C)Oc2ccccc23)CCOC(C)(C)C1. The van der Waals surface area contributed by atoms with Gasteiger partial charge in [-0.3, -0.25) is 9.59 Å². The molecule has 6 nitrogen and oxygen atoms in total. The Hall–Kier alpha value is -2.08. The second kappa shape index (κ2) is 7.80. The maximum Gasteiger partial charge on any atom is 0.238 e. The van der Waals surface area contributed by atoms with Crippen LogP contribution in [0.25, 0.3) is 0 Å². The van der Waals surface area contributed by atoms with Crippen LogP contribution < -0.4 is 10.5 Å². The van der Waals surface area contributed by atoms with Gasteiger partial charge in [-0.05, 0) is 63.5 Å². The number of fused-ring (bicyclic) bond motifs is 4. The number of nitrogens with two attached hydrogens (primary N) is 1.